The van der Waals surface area contributed by atoms with Crippen LogP contribution in [0.1, 0.15) is 16.5 Å². The summed E-state index contributed by atoms with van der Waals surface area (Å²) in [5, 5.41) is 12.3. The molecule has 0 saturated carbocycles. The molecule has 0 aliphatic carbocycles. The monoisotopic (exact) mass is 472 g/mol. The van der Waals surface area contributed by atoms with Gasteiger partial charge in [-0.1, -0.05) is 18.1 Å². The third-order valence-corrected chi connectivity index (χ3v) is 6.33. The van der Waals surface area contributed by atoms with E-state index in [-0.39, 0.29) is 50.7 Å². The fourth-order valence-corrected chi connectivity index (χ4v) is 4.81. The summed E-state index contributed by atoms with van der Waals surface area (Å²) in [5.74, 6) is 2.34. The number of hydrogen-bond donors (Lipinski definition) is 1. The van der Waals surface area contributed by atoms with Gasteiger partial charge in [-0.3, -0.25) is 9.69 Å². The summed E-state index contributed by atoms with van der Waals surface area (Å²) in [6, 6.07) is 7.73. The number of nitrogens with zero attached hydrogens (tertiary/aromatic N) is 2. The van der Waals surface area contributed by atoms with Crippen LogP contribution in [0.2, 0.25) is 0 Å². The zero-order valence-corrected chi connectivity index (χ0v) is 19.3. The Hall–Kier alpha value is -2.70. The number of carbonyl (C=O) groups excluding carboxylic acids is 1. The van der Waals surface area contributed by atoms with E-state index in [9.17, 15) is 14.3 Å². The van der Waals surface area contributed by atoms with Crippen LogP contribution in [0.15, 0.2) is 48.4 Å². The van der Waals surface area contributed by atoms with Crippen LogP contribution in [0.25, 0.3) is 0 Å². The number of terminal acetylenes is 1. The van der Waals surface area contributed by atoms with Crippen LogP contribution < -0.4 is 4.74 Å². The predicted octanol–water partition coefficient (Wildman–Crippen LogP) is 2.89. The van der Waals surface area contributed by atoms with Crippen molar-refractivity contribution in [2.24, 2.45) is 0 Å². The van der Waals surface area contributed by atoms with Crippen molar-refractivity contribution in [1.29, 1.82) is 0 Å². The largest absolute Gasteiger partial charge is 0.491 e. The van der Waals surface area contributed by atoms with Crippen molar-refractivity contribution in [3.63, 3.8) is 0 Å². The normalized spacial score (nSPS) is 16.2. The van der Waals surface area contributed by atoms with E-state index < -0.39 is 6.10 Å². The maximum atomic E-state index is 13.5. The van der Waals surface area contributed by atoms with E-state index in [0.717, 1.165) is 12.0 Å². The second kappa shape index (κ2) is 12.5. The molecule has 2 aromatic rings. The predicted molar refractivity (Wildman–Crippen MR) is 127 cm³/mol. The Labute approximate surface area is 198 Å². The molecule has 2 atom stereocenters. The van der Waals surface area contributed by atoms with Crippen LogP contribution in [0, 0.1) is 18.2 Å². The molecule has 1 N–H and O–H groups in total. The fourth-order valence-electron chi connectivity index (χ4n) is 3.88. The number of rotatable bonds is 12. The zero-order chi connectivity index (χ0) is 23.6. The van der Waals surface area contributed by atoms with Crippen LogP contribution in [0.3, 0.4) is 0 Å². The molecule has 33 heavy (non-hydrogen) atoms. The molecular formula is C25H29FN2O4S. The topological polar surface area (TPSA) is 62.2 Å². The average Bonchev–Trinajstić information content (AvgIpc) is 3.27. The molecule has 1 aliphatic rings. The maximum absolute atomic E-state index is 13.5. The number of amides is 1. The first kappa shape index (κ1) is 24.9. The lowest BCUT2D eigenvalue weighted by molar-refractivity contribution is -0.136. The smallest absolute Gasteiger partial charge is 0.237 e. The van der Waals surface area contributed by atoms with Crippen molar-refractivity contribution in [1.82, 2.24) is 9.80 Å². The summed E-state index contributed by atoms with van der Waals surface area (Å²) < 4.78 is 24.6. The van der Waals surface area contributed by atoms with Gasteiger partial charge in [-0.05, 0) is 35.6 Å². The van der Waals surface area contributed by atoms with Gasteiger partial charge in [-0.15, -0.1) is 24.3 Å². The second-order valence-electron chi connectivity index (χ2n) is 7.78. The molecule has 3 rings (SSSR count). The SMILES string of the molecule is C#CCOC[C@H](O)CN(CC=C)CC(=O)N1CCc2sccc2[C@H]1COc1cccc(F)c1. The first-order valence-electron chi connectivity index (χ1n) is 10.8. The Morgan fingerprint density at radius 2 is 2.33 bits per heavy atom. The van der Waals surface area contributed by atoms with Gasteiger partial charge in [0.05, 0.1) is 25.3 Å². The summed E-state index contributed by atoms with van der Waals surface area (Å²) in [7, 11) is 0. The van der Waals surface area contributed by atoms with Gasteiger partial charge in [-0.2, -0.15) is 0 Å². The lowest BCUT2D eigenvalue weighted by atomic mass is 10.0. The quantitative estimate of drug-likeness (QED) is 0.292. The third-order valence-electron chi connectivity index (χ3n) is 5.33. The molecule has 1 amide bonds. The Balaban J connectivity index is 1.68. The first-order valence-corrected chi connectivity index (χ1v) is 11.7. The maximum Gasteiger partial charge on any atom is 0.237 e. The molecule has 0 bridgehead atoms. The number of aliphatic hydroxyl groups excluding tert-OH is 1. The summed E-state index contributed by atoms with van der Waals surface area (Å²) >= 11 is 1.67. The molecular weight excluding hydrogens is 443 g/mol. The number of thiophene rings is 1. The summed E-state index contributed by atoms with van der Waals surface area (Å²) in [6.07, 6.45) is 6.86. The summed E-state index contributed by atoms with van der Waals surface area (Å²) in [4.78, 5) is 18.2. The Morgan fingerprint density at radius 1 is 1.48 bits per heavy atom. The molecule has 0 unspecified atom stereocenters. The molecule has 6 nitrogen and oxygen atoms in total. The number of halogens is 1. The van der Waals surface area contributed by atoms with Crippen molar-refractivity contribution in [3.8, 4) is 18.1 Å². The molecule has 0 fully saturated rings. The molecule has 1 aliphatic heterocycles. The van der Waals surface area contributed by atoms with Crippen molar-refractivity contribution < 1.29 is 23.8 Å². The van der Waals surface area contributed by atoms with Crippen molar-refractivity contribution >= 4 is 17.2 Å². The number of hydrogen-bond acceptors (Lipinski definition) is 6. The molecule has 2 heterocycles. The van der Waals surface area contributed by atoms with Crippen LogP contribution in [0.5, 0.6) is 5.75 Å². The number of aliphatic hydroxyl groups is 1. The van der Waals surface area contributed by atoms with Gasteiger partial charge >= 0.3 is 0 Å². The Bertz CT molecular complexity index is 973. The van der Waals surface area contributed by atoms with E-state index >= 15 is 0 Å². The minimum Gasteiger partial charge on any atom is -0.491 e. The molecule has 1 aromatic heterocycles. The minimum atomic E-state index is -0.775. The minimum absolute atomic E-state index is 0.0710. The molecule has 0 radical (unpaired) electrons. The van der Waals surface area contributed by atoms with Crippen LogP contribution >= 0.6 is 11.3 Å². The summed E-state index contributed by atoms with van der Waals surface area (Å²) in [6.45, 7) is 5.59. The van der Waals surface area contributed by atoms with Crippen LogP contribution in [-0.2, 0) is 16.0 Å². The standard InChI is InChI=1S/C25H29FN2O4S/c1-3-10-27(15-20(29)17-31-12-4-2)16-25(30)28-11-8-24-22(9-13-33-24)23(28)18-32-21-7-5-6-19(26)14-21/h2-3,5-7,9,13-14,20,23,29H,1,8,10-12,15-18H2/t20-,23-/m1/s1. The van der Waals surface area contributed by atoms with Crippen molar-refractivity contribution in [3.05, 3.63) is 64.6 Å². The van der Waals surface area contributed by atoms with Gasteiger partial charge in [0.1, 0.15) is 24.8 Å². The van der Waals surface area contributed by atoms with Gasteiger partial charge < -0.3 is 19.5 Å². The van der Waals surface area contributed by atoms with E-state index in [2.05, 4.69) is 12.5 Å². The lowest BCUT2D eigenvalue weighted by Crippen LogP contribution is -2.48. The number of carbonyl (C=O) groups is 1. The second-order valence-corrected chi connectivity index (χ2v) is 8.78. The van der Waals surface area contributed by atoms with E-state index in [0.29, 0.717) is 18.8 Å². The highest BCUT2D eigenvalue weighted by molar-refractivity contribution is 7.10. The molecule has 8 heteroatoms. The molecule has 0 saturated heterocycles. The van der Waals surface area contributed by atoms with Crippen molar-refractivity contribution in [2.75, 3.05) is 46.0 Å². The fraction of sp³-hybridized carbons (Fsp3) is 0.400. The Morgan fingerprint density at radius 3 is 3.09 bits per heavy atom. The van der Waals surface area contributed by atoms with E-state index in [1.165, 1.54) is 17.0 Å². The number of benzene rings is 1. The highest BCUT2D eigenvalue weighted by Crippen LogP contribution is 2.34. The van der Waals surface area contributed by atoms with Gasteiger partial charge in [0, 0.05) is 30.6 Å². The third kappa shape index (κ3) is 7.14. The van der Waals surface area contributed by atoms with Gasteiger partial charge in [0.15, 0.2) is 0 Å². The average molecular weight is 473 g/mol. The zero-order valence-electron chi connectivity index (χ0n) is 18.5. The number of fused-ring (bicyclic) bond motifs is 1. The van der Waals surface area contributed by atoms with Gasteiger partial charge in [-0.25, -0.2) is 4.39 Å². The number of ether oxygens (including phenoxy) is 2. The highest BCUT2D eigenvalue weighted by Gasteiger charge is 2.33. The van der Waals surface area contributed by atoms with E-state index in [1.54, 1.807) is 29.5 Å². The van der Waals surface area contributed by atoms with Gasteiger partial charge in [0.25, 0.3) is 0 Å². The van der Waals surface area contributed by atoms with Gasteiger partial charge in [0.2, 0.25) is 5.91 Å². The lowest BCUT2D eigenvalue weighted by Gasteiger charge is -2.37. The molecule has 1 aromatic carbocycles. The molecule has 0 spiro atoms. The highest BCUT2D eigenvalue weighted by atomic mass is 32.1. The summed E-state index contributed by atoms with van der Waals surface area (Å²) in [5.41, 5.74) is 1.06. The molecule has 176 valence electrons. The Kier molecular flexibility index (Phi) is 9.46. The van der Waals surface area contributed by atoms with Crippen LogP contribution in [0.4, 0.5) is 4.39 Å². The van der Waals surface area contributed by atoms with E-state index in [4.69, 9.17) is 15.9 Å². The van der Waals surface area contributed by atoms with Crippen LogP contribution in [-0.4, -0.2) is 72.9 Å². The van der Waals surface area contributed by atoms with E-state index in [1.807, 2.05) is 21.2 Å². The first-order chi connectivity index (χ1) is 16.0. The van der Waals surface area contributed by atoms with Crippen molar-refractivity contribution in [2.45, 2.75) is 18.6 Å².